The molecule has 0 aliphatic carbocycles. The number of hydrogen-bond donors (Lipinski definition) is 3. The lowest BCUT2D eigenvalue weighted by Crippen LogP contribution is -2.12. The standard InChI is InChI=1S/C7H11NO3/c9-4-7-2-1-6(11-7)3-8-5-10/h1-2,8-10H,3-5H2. The van der Waals surface area contributed by atoms with Crippen LogP contribution in [0.4, 0.5) is 0 Å². The van der Waals surface area contributed by atoms with E-state index >= 15 is 0 Å². The first-order valence-electron chi connectivity index (χ1n) is 3.37. The molecule has 1 aromatic heterocycles. The fraction of sp³-hybridized carbons (Fsp3) is 0.429. The summed E-state index contributed by atoms with van der Waals surface area (Å²) in [5, 5.41) is 19.7. The second-order valence-electron chi connectivity index (χ2n) is 2.11. The second kappa shape index (κ2) is 4.12. The highest BCUT2D eigenvalue weighted by atomic mass is 16.4. The van der Waals surface area contributed by atoms with Crippen molar-refractivity contribution >= 4 is 0 Å². The molecule has 0 fully saturated rings. The summed E-state index contributed by atoms with van der Waals surface area (Å²) in [7, 11) is 0. The van der Waals surface area contributed by atoms with Crippen molar-refractivity contribution in [1.29, 1.82) is 0 Å². The fourth-order valence-corrected chi connectivity index (χ4v) is 0.781. The second-order valence-corrected chi connectivity index (χ2v) is 2.11. The molecule has 0 atom stereocenters. The van der Waals surface area contributed by atoms with E-state index in [1.165, 1.54) is 0 Å². The van der Waals surface area contributed by atoms with E-state index in [2.05, 4.69) is 5.32 Å². The van der Waals surface area contributed by atoms with Gasteiger partial charge in [-0.1, -0.05) is 0 Å². The van der Waals surface area contributed by atoms with Crippen molar-refractivity contribution in [3.8, 4) is 0 Å². The van der Waals surface area contributed by atoms with Gasteiger partial charge in [0.15, 0.2) is 0 Å². The van der Waals surface area contributed by atoms with Gasteiger partial charge < -0.3 is 14.6 Å². The summed E-state index contributed by atoms with van der Waals surface area (Å²) in [5.41, 5.74) is 0. The van der Waals surface area contributed by atoms with Gasteiger partial charge in [0.1, 0.15) is 18.1 Å². The van der Waals surface area contributed by atoms with Crippen LogP contribution in [-0.2, 0) is 13.2 Å². The van der Waals surface area contributed by atoms with Crippen LogP contribution >= 0.6 is 0 Å². The van der Waals surface area contributed by atoms with Crippen LogP contribution in [0.1, 0.15) is 11.5 Å². The van der Waals surface area contributed by atoms with Gasteiger partial charge in [-0.05, 0) is 12.1 Å². The average Bonchev–Trinajstić information content (AvgIpc) is 2.48. The Balaban J connectivity index is 2.44. The summed E-state index contributed by atoms with van der Waals surface area (Å²) in [6.45, 7) is 0.324. The van der Waals surface area contributed by atoms with E-state index in [1.807, 2.05) is 0 Å². The minimum absolute atomic E-state index is 0.0742. The SMILES string of the molecule is OCNCc1ccc(CO)o1. The Kier molecular flexibility index (Phi) is 3.10. The molecule has 0 spiro atoms. The van der Waals surface area contributed by atoms with E-state index in [0.29, 0.717) is 18.1 Å². The molecule has 0 radical (unpaired) electrons. The van der Waals surface area contributed by atoms with Crippen molar-refractivity contribution < 1.29 is 14.6 Å². The molecule has 1 rings (SSSR count). The largest absolute Gasteiger partial charge is 0.462 e. The zero-order chi connectivity index (χ0) is 8.10. The number of aliphatic hydroxyl groups excluding tert-OH is 2. The van der Waals surface area contributed by atoms with Gasteiger partial charge in [-0.3, -0.25) is 5.32 Å². The molecule has 0 bridgehead atoms. The molecule has 1 aromatic rings. The molecule has 0 unspecified atom stereocenters. The van der Waals surface area contributed by atoms with E-state index in [-0.39, 0.29) is 13.3 Å². The number of furan rings is 1. The molecule has 0 aliphatic rings. The van der Waals surface area contributed by atoms with Crippen LogP contribution in [0.5, 0.6) is 0 Å². The molecule has 62 valence electrons. The van der Waals surface area contributed by atoms with E-state index in [9.17, 15) is 0 Å². The smallest absolute Gasteiger partial charge is 0.129 e. The quantitative estimate of drug-likeness (QED) is 0.530. The van der Waals surface area contributed by atoms with Gasteiger partial charge in [0.2, 0.25) is 0 Å². The molecule has 0 aliphatic heterocycles. The van der Waals surface area contributed by atoms with Crippen LogP contribution in [0.3, 0.4) is 0 Å². The third-order valence-corrected chi connectivity index (χ3v) is 1.28. The minimum atomic E-state index is -0.0842. The zero-order valence-electron chi connectivity index (χ0n) is 6.08. The van der Waals surface area contributed by atoms with Crippen molar-refractivity contribution in [2.45, 2.75) is 13.2 Å². The monoisotopic (exact) mass is 157 g/mol. The van der Waals surface area contributed by atoms with Gasteiger partial charge in [0.05, 0.1) is 13.3 Å². The Morgan fingerprint density at radius 3 is 2.55 bits per heavy atom. The number of hydrogen-bond acceptors (Lipinski definition) is 4. The van der Waals surface area contributed by atoms with Gasteiger partial charge in [-0.25, -0.2) is 0 Å². The normalized spacial score (nSPS) is 10.4. The Morgan fingerprint density at radius 1 is 1.27 bits per heavy atom. The lowest BCUT2D eigenvalue weighted by molar-refractivity contribution is 0.234. The highest BCUT2D eigenvalue weighted by molar-refractivity contribution is 5.05. The maximum Gasteiger partial charge on any atom is 0.129 e. The molecule has 1 heterocycles. The van der Waals surface area contributed by atoms with Gasteiger partial charge in [0, 0.05) is 0 Å². The third-order valence-electron chi connectivity index (χ3n) is 1.28. The highest BCUT2D eigenvalue weighted by Crippen LogP contribution is 2.06. The van der Waals surface area contributed by atoms with Crippen LogP contribution in [-0.4, -0.2) is 16.9 Å². The Morgan fingerprint density at radius 2 is 2.00 bits per heavy atom. The van der Waals surface area contributed by atoms with Gasteiger partial charge >= 0.3 is 0 Å². The number of aliphatic hydroxyl groups is 2. The minimum Gasteiger partial charge on any atom is -0.462 e. The summed E-state index contributed by atoms with van der Waals surface area (Å²) >= 11 is 0. The van der Waals surface area contributed by atoms with Crippen molar-refractivity contribution in [3.63, 3.8) is 0 Å². The molecule has 3 N–H and O–H groups in total. The average molecular weight is 157 g/mol. The van der Waals surface area contributed by atoms with Crippen LogP contribution in [0, 0.1) is 0 Å². The highest BCUT2D eigenvalue weighted by Gasteiger charge is 1.98. The predicted molar refractivity (Wildman–Crippen MR) is 38.6 cm³/mol. The van der Waals surface area contributed by atoms with Crippen LogP contribution in [0.25, 0.3) is 0 Å². The molecular weight excluding hydrogens is 146 g/mol. The fourth-order valence-electron chi connectivity index (χ4n) is 0.781. The Hall–Kier alpha value is -0.840. The lowest BCUT2D eigenvalue weighted by atomic mass is 10.4. The molecule has 0 aromatic carbocycles. The van der Waals surface area contributed by atoms with Crippen molar-refractivity contribution in [2.75, 3.05) is 6.73 Å². The molecule has 0 saturated heterocycles. The van der Waals surface area contributed by atoms with Gasteiger partial charge in [-0.2, -0.15) is 0 Å². The predicted octanol–water partition coefficient (Wildman–Crippen LogP) is -0.189. The van der Waals surface area contributed by atoms with Crippen molar-refractivity contribution in [2.24, 2.45) is 0 Å². The maximum absolute atomic E-state index is 8.61. The van der Waals surface area contributed by atoms with E-state index in [1.54, 1.807) is 12.1 Å². The topological polar surface area (TPSA) is 65.6 Å². The summed E-state index contributed by atoms with van der Waals surface area (Å²) in [5.74, 6) is 1.25. The van der Waals surface area contributed by atoms with Crippen molar-refractivity contribution in [1.82, 2.24) is 5.32 Å². The first kappa shape index (κ1) is 8.26. The summed E-state index contributed by atoms with van der Waals surface area (Å²) in [6, 6.07) is 3.46. The van der Waals surface area contributed by atoms with Crippen molar-refractivity contribution in [3.05, 3.63) is 23.7 Å². The molecular formula is C7H11NO3. The first-order chi connectivity index (χ1) is 5.36. The Labute approximate surface area is 64.5 Å². The van der Waals surface area contributed by atoms with Crippen LogP contribution < -0.4 is 5.32 Å². The van der Waals surface area contributed by atoms with Crippen LogP contribution in [0.15, 0.2) is 16.5 Å². The number of rotatable bonds is 4. The number of nitrogens with one attached hydrogen (secondary N) is 1. The van der Waals surface area contributed by atoms with E-state index < -0.39 is 0 Å². The summed E-state index contributed by atoms with van der Waals surface area (Å²) < 4.78 is 5.11. The Bertz CT molecular complexity index is 209. The maximum atomic E-state index is 8.61. The lowest BCUT2D eigenvalue weighted by Gasteiger charge is -1.95. The summed E-state index contributed by atoms with van der Waals surface area (Å²) in [6.07, 6.45) is 0. The summed E-state index contributed by atoms with van der Waals surface area (Å²) in [4.78, 5) is 0. The molecule has 4 heteroatoms. The molecule has 11 heavy (non-hydrogen) atoms. The zero-order valence-corrected chi connectivity index (χ0v) is 6.08. The third kappa shape index (κ3) is 2.34. The van der Waals surface area contributed by atoms with E-state index in [4.69, 9.17) is 14.6 Å². The first-order valence-corrected chi connectivity index (χ1v) is 3.37. The molecule has 0 saturated carbocycles. The molecule has 0 amide bonds. The van der Waals surface area contributed by atoms with E-state index in [0.717, 1.165) is 0 Å². The van der Waals surface area contributed by atoms with Gasteiger partial charge in [0.25, 0.3) is 0 Å². The van der Waals surface area contributed by atoms with Gasteiger partial charge in [-0.15, -0.1) is 0 Å². The van der Waals surface area contributed by atoms with Crippen LogP contribution in [0.2, 0.25) is 0 Å². The molecule has 4 nitrogen and oxygen atoms in total.